The number of halogens is 1. The number of fused-ring (bicyclic) bond motifs is 1. The van der Waals surface area contributed by atoms with E-state index in [4.69, 9.17) is 16.0 Å². The molecule has 0 bridgehead atoms. The quantitative estimate of drug-likeness (QED) is 0.792. The highest BCUT2D eigenvalue weighted by Crippen LogP contribution is 2.24. The van der Waals surface area contributed by atoms with Crippen LogP contribution in [-0.2, 0) is 0 Å². The zero-order chi connectivity index (χ0) is 16.5. The van der Waals surface area contributed by atoms with E-state index in [0.717, 1.165) is 13.0 Å². The lowest BCUT2D eigenvalue weighted by molar-refractivity contribution is 0.0940. The molecule has 6 nitrogen and oxygen atoms in total. The molecule has 1 saturated heterocycles. The van der Waals surface area contributed by atoms with Crippen molar-refractivity contribution in [3.8, 4) is 0 Å². The van der Waals surface area contributed by atoms with Gasteiger partial charge >= 0.3 is 0 Å². The van der Waals surface area contributed by atoms with Gasteiger partial charge in [-0.15, -0.1) is 0 Å². The smallest absolute Gasteiger partial charge is 0.300 e. The molecule has 0 saturated carbocycles. The van der Waals surface area contributed by atoms with E-state index in [1.54, 1.807) is 30.5 Å². The van der Waals surface area contributed by atoms with Crippen LogP contribution in [0.25, 0.3) is 11.2 Å². The Morgan fingerprint density at radius 1 is 1.29 bits per heavy atom. The fourth-order valence-electron chi connectivity index (χ4n) is 2.85. The molecule has 1 atom stereocenters. The Kier molecular flexibility index (Phi) is 3.82. The first-order valence-corrected chi connectivity index (χ1v) is 8.10. The standard InChI is InChI=1S/C17H15ClN4O2/c18-13-5-2-1-4-12(13)16(23)20-11-7-9-22(10-11)17-21-15-14(24-17)6-3-8-19-15/h1-6,8,11H,7,9-10H2,(H,20,23). The lowest BCUT2D eigenvalue weighted by atomic mass is 10.2. The molecule has 3 aromatic rings. The second-order valence-corrected chi connectivity index (χ2v) is 6.11. The van der Waals surface area contributed by atoms with Crippen LogP contribution in [0.15, 0.2) is 47.0 Å². The molecule has 1 fully saturated rings. The number of benzene rings is 1. The lowest BCUT2D eigenvalue weighted by Gasteiger charge is -2.15. The predicted octanol–water partition coefficient (Wildman–Crippen LogP) is 2.88. The van der Waals surface area contributed by atoms with E-state index in [9.17, 15) is 4.79 Å². The first kappa shape index (κ1) is 15.0. The molecule has 3 heterocycles. The molecule has 2 aromatic heterocycles. The SMILES string of the molecule is O=C(NC1CCN(c2nc3ncccc3o2)C1)c1ccccc1Cl. The molecule has 4 rings (SSSR count). The topological polar surface area (TPSA) is 71.3 Å². The molecular formula is C17H15ClN4O2. The summed E-state index contributed by atoms with van der Waals surface area (Å²) in [4.78, 5) is 22.9. The van der Waals surface area contributed by atoms with Gasteiger partial charge in [-0.1, -0.05) is 23.7 Å². The number of nitrogens with one attached hydrogen (secondary N) is 1. The molecule has 24 heavy (non-hydrogen) atoms. The number of pyridine rings is 1. The van der Waals surface area contributed by atoms with E-state index in [-0.39, 0.29) is 11.9 Å². The van der Waals surface area contributed by atoms with Crippen LogP contribution in [0, 0.1) is 0 Å². The number of hydrogen-bond donors (Lipinski definition) is 1. The highest BCUT2D eigenvalue weighted by Gasteiger charge is 2.27. The average Bonchev–Trinajstić information content (AvgIpc) is 3.21. The van der Waals surface area contributed by atoms with Gasteiger partial charge < -0.3 is 14.6 Å². The first-order valence-electron chi connectivity index (χ1n) is 7.72. The Morgan fingerprint density at radius 2 is 2.17 bits per heavy atom. The molecule has 0 aliphatic carbocycles. The molecule has 0 spiro atoms. The van der Waals surface area contributed by atoms with Gasteiger partial charge in [0.1, 0.15) is 0 Å². The van der Waals surface area contributed by atoms with Crippen molar-refractivity contribution in [3.05, 3.63) is 53.2 Å². The van der Waals surface area contributed by atoms with Crippen molar-refractivity contribution in [2.75, 3.05) is 18.0 Å². The Labute approximate surface area is 143 Å². The largest absolute Gasteiger partial charge is 0.422 e. The van der Waals surface area contributed by atoms with Crippen LogP contribution in [0.4, 0.5) is 6.01 Å². The van der Waals surface area contributed by atoms with Crippen molar-refractivity contribution in [2.45, 2.75) is 12.5 Å². The summed E-state index contributed by atoms with van der Waals surface area (Å²) in [5.41, 5.74) is 1.75. The van der Waals surface area contributed by atoms with Crippen LogP contribution in [0.5, 0.6) is 0 Å². The van der Waals surface area contributed by atoms with Crippen molar-refractivity contribution >= 4 is 34.8 Å². The Hall–Kier alpha value is -2.60. The molecule has 1 unspecified atom stereocenters. The number of carbonyl (C=O) groups excluding carboxylic acids is 1. The van der Waals surface area contributed by atoms with E-state index in [0.29, 0.717) is 34.4 Å². The van der Waals surface area contributed by atoms with Crippen LogP contribution < -0.4 is 10.2 Å². The number of anilines is 1. The molecule has 1 aliphatic rings. The number of oxazole rings is 1. The van der Waals surface area contributed by atoms with Gasteiger partial charge in [0, 0.05) is 25.3 Å². The molecule has 122 valence electrons. The van der Waals surface area contributed by atoms with Crippen LogP contribution >= 0.6 is 11.6 Å². The Bertz CT molecular complexity index is 862. The third kappa shape index (κ3) is 2.80. The monoisotopic (exact) mass is 342 g/mol. The Balaban J connectivity index is 1.45. The van der Waals surface area contributed by atoms with Gasteiger partial charge in [-0.2, -0.15) is 4.98 Å². The minimum atomic E-state index is -0.160. The van der Waals surface area contributed by atoms with Crippen LogP contribution in [0.3, 0.4) is 0 Å². The van der Waals surface area contributed by atoms with E-state index in [1.165, 1.54) is 0 Å². The van der Waals surface area contributed by atoms with Crippen molar-refractivity contribution in [2.24, 2.45) is 0 Å². The highest BCUT2D eigenvalue weighted by molar-refractivity contribution is 6.33. The summed E-state index contributed by atoms with van der Waals surface area (Å²) in [7, 11) is 0. The van der Waals surface area contributed by atoms with Gasteiger partial charge in [-0.25, -0.2) is 4.98 Å². The zero-order valence-corrected chi connectivity index (χ0v) is 13.5. The molecule has 1 aliphatic heterocycles. The Morgan fingerprint density at radius 3 is 3.00 bits per heavy atom. The summed E-state index contributed by atoms with van der Waals surface area (Å²) in [5.74, 6) is -0.160. The molecule has 1 N–H and O–H groups in total. The van der Waals surface area contributed by atoms with Crippen LogP contribution in [0.2, 0.25) is 5.02 Å². The van der Waals surface area contributed by atoms with Gasteiger partial charge in [0.15, 0.2) is 5.58 Å². The maximum atomic E-state index is 12.3. The van der Waals surface area contributed by atoms with Crippen molar-refractivity contribution in [3.63, 3.8) is 0 Å². The molecule has 7 heteroatoms. The number of nitrogens with zero attached hydrogens (tertiary/aromatic N) is 3. The van der Waals surface area contributed by atoms with Gasteiger partial charge in [0.05, 0.1) is 10.6 Å². The zero-order valence-electron chi connectivity index (χ0n) is 12.8. The van der Waals surface area contributed by atoms with E-state index in [1.807, 2.05) is 17.0 Å². The third-order valence-corrected chi connectivity index (χ3v) is 4.40. The fourth-order valence-corrected chi connectivity index (χ4v) is 3.07. The van der Waals surface area contributed by atoms with E-state index < -0.39 is 0 Å². The molecule has 0 radical (unpaired) electrons. The molecule has 1 amide bonds. The second-order valence-electron chi connectivity index (χ2n) is 5.71. The van der Waals surface area contributed by atoms with Crippen LogP contribution in [-0.4, -0.2) is 35.0 Å². The van der Waals surface area contributed by atoms with E-state index >= 15 is 0 Å². The van der Waals surface area contributed by atoms with Gasteiger partial charge in [0.25, 0.3) is 11.9 Å². The summed E-state index contributed by atoms with van der Waals surface area (Å²) < 4.78 is 5.73. The van der Waals surface area contributed by atoms with Crippen molar-refractivity contribution in [1.82, 2.24) is 15.3 Å². The minimum absolute atomic E-state index is 0.0248. The maximum absolute atomic E-state index is 12.3. The van der Waals surface area contributed by atoms with Gasteiger partial charge in [-0.05, 0) is 30.7 Å². The summed E-state index contributed by atoms with van der Waals surface area (Å²) in [6.45, 7) is 1.41. The summed E-state index contributed by atoms with van der Waals surface area (Å²) in [5, 5.41) is 3.47. The molecule has 1 aromatic carbocycles. The van der Waals surface area contributed by atoms with E-state index in [2.05, 4.69) is 15.3 Å². The number of aromatic nitrogens is 2. The van der Waals surface area contributed by atoms with Gasteiger partial charge in [-0.3, -0.25) is 4.79 Å². The summed E-state index contributed by atoms with van der Waals surface area (Å²) in [6.07, 6.45) is 2.51. The minimum Gasteiger partial charge on any atom is -0.422 e. The summed E-state index contributed by atoms with van der Waals surface area (Å²) >= 11 is 6.07. The average molecular weight is 343 g/mol. The number of hydrogen-bond acceptors (Lipinski definition) is 5. The normalized spacial score (nSPS) is 17.4. The highest BCUT2D eigenvalue weighted by atomic mass is 35.5. The number of carbonyl (C=O) groups is 1. The number of rotatable bonds is 3. The number of amides is 1. The second kappa shape index (κ2) is 6.13. The van der Waals surface area contributed by atoms with Crippen LogP contribution in [0.1, 0.15) is 16.8 Å². The van der Waals surface area contributed by atoms with Gasteiger partial charge in [0.2, 0.25) is 5.65 Å². The van der Waals surface area contributed by atoms with Crippen molar-refractivity contribution < 1.29 is 9.21 Å². The third-order valence-electron chi connectivity index (χ3n) is 4.07. The summed E-state index contributed by atoms with van der Waals surface area (Å²) in [6, 6.07) is 11.2. The predicted molar refractivity (Wildman–Crippen MR) is 91.3 cm³/mol. The molecular weight excluding hydrogens is 328 g/mol. The maximum Gasteiger partial charge on any atom is 0.300 e. The fraction of sp³-hybridized carbons (Fsp3) is 0.235. The van der Waals surface area contributed by atoms with Crippen molar-refractivity contribution in [1.29, 1.82) is 0 Å². The lowest BCUT2D eigenvalue weighted by Crippen LogP contribution is -2.37. The first-order chi connectivity index (χ1) is 11.7.